The topological polar surface area (TPSA) is 54.9 Å². The summed E-state index contributed by atoms with van der Waals surface area (Å²) in [6, 6.07) is 6.39. The second kappa shape index (κ2) is 11.7. The van der Waals surface area contributed by atoms with Crippen LogP contribution in [0.15, 0.2) is 29.3 Å². The molecule has 1 aromatic rings. The van der Waals surface area contributed by atoms with E-state index in [2.05, 4.69) is 15.6 Å². The molecule has 1 saturated carbocycles. The molecule has 0 saturated heterocycles. The van der Waals surface area contributed by atoms with Gasteiger partial charge < -0.3 is 20.1 Å². The van der Waals surface area contributed by atoms with Crippen molar-refractivity contribution in [3.05, 3.63) is 35.6 Å². The van der Waals surface area contributed by atoms with Crippen LogP contribution in [-0.2, 0) is 9.47 Å². The van der Waals surface area contributed by atoms with Gasteiger partial charge in [0.1, 0.15) is 5.82 Å². The monoisotopic (exact) mass is 479 g/mol. The molecule has 0 amide bonds. The molecule has 1 fully saturated rings. The lowest BCUT2D eigenvalue weighted by molar-refractivity contribution is 0.0730. The predicted molar refractivity (Wildman–Crippen MR) is 114 cm³/mol. The van der Waals surface area contributed by atoms with Crippen molar-refractivity contribution in [2.24, 2.45) is 10.4 Å². The Balaban J connectivity index is 0.00000338. The van der Waals surface area contributed by atoms with E-state index < -0.39 is 0 Å². The lowest BCUT2D eigenvalue weighted by atomic mass is 9.67. The van der Waals surface area contributed by atoms with Crippen LogP contribution in [0.25, 0.3) is 0 Å². The molecule has 1 aliphatic carbocycles. The molecule has 1 unspecified atom stereocenters. The molecule has 2 rings (SSSR count). The predicted octanol–water partition coefficient (Wildman–Crippen LogP) is 3.50. The minimum absolute atomic E-state index is 0. The minimum atomic E-state index is -0.245. The van der Waals surface area contributed by atoms with Crippen molar-refractivity contribution in [1.82, 2.24) is 10.6 Å². The Hall–Kier alpha value is -0.930. The largest absolute Gasteiger partial charge is 0.385 e. The normalized spacial score (nSPS) is 17.0. The molecule has 7 heteroatoms. The van der Waals surface area contributed by atoms with Crippen LogP contribution in [0.4, 0.5) is 4.39 Å². The molecule has 0 spiro atoms. The summed E-state index contributed by atoms with van der Waals surface area (Å²) in [5.41, 5.74) is 1.26. The highest BCUT2D eigenvalue weighted by Gasteiger charge is 2.36. The van der Waals surface area contributed by atoms with E-state index in [0.29, 0.717) is 12.0 Å². The number of ether oxygens (including phenoxy) is 2. The summed E-state index contributed by atoms with van der Waals surface area (Å²) >= 11 is 0. The van der Waals surface area contributed by atoms with E-state index in [1.54, 1.807) is 33.4 Å². The van der Waals surface area contributed by atoms with E-state index in [4.69, 9.17) is 9.47 Å². The molecule has 1 aliphatic rings. The van der Waals surface area contributed by atoms with Crippen molar-refractivity contribution in [1.29, 1.82) is 0 Å². The van der Waals surface area contributed by atoms with Gasteiger partial charge in [-0.2, -0.15) is 0 Å². The van der Waals surface area contributed by atoms with E-state index >= 15 is 0 Å². The number of aliphatic imine (C=N–C) groups is 1. The van der Waals surface area contributed by atoms with Crippen molar-refractivity contribution in [3.8, 4) is 0 Å². The van der Waals surface area contributed by atoms with Crippen LogP contribution in [0, 0.1) is 11.2 Å². The molecule has 0 bridgehead atoms. The van der Waals surface area contributed by atoms with Crippen molar-refractivity contribution in [2.75, 3.05) is 41.0 Å². The number of rotatable bonds is 9. The van der Waals surface area contributed by atoms with Gasteiger partial charge in [-0.1, -0.05) is 18.6 Å². The van der Waals surface area contributed by atoms with Crippen LogP contribution in [0.2, 0.25) is 0 Å². The third kappa shape index (κ3) is 6.66. The summed E-state index contributed by atoms with van der Waals surface area (Å²) in [5.74, 6) is 0.513. The molecule has 5 nitrogen and oxygen atoms in total. The van der Waals surface area contributed by atoms with Gasteiger partial charge in [0.15, 0.2) is 5.96 Å². The number of methoxy groups -OCH3 is 2. The van der Waals surface area contributed by atoms with Gasteiger partial charge in [0.05, 0.1) is 6.10 Å². The molecule has 26 heavy (non-hydrogen) atoms. The number of benzene rings is 1. The zero-order chi connectivity index (χ0) is 18.1. The van der Waals surface area contributed by atoms with Crippen molar-refractivity contribution in [2.45, 2.75) is 31.8 Å². The summed E-state index contributed by atoms with van der Waals surface area (Å²) in [6.07, 6.45) is 4.66. The average Bonchev–Trinajstić information content (AvgIpc) is 2.60. The Kier molecular flexibility index (Phi) is 10.4. The smallest absolute Gasteiger partial charge is 0.191 e. The molecule has 0 aliphatic heterocycles. The van der Waals surface area contributed by atoms with E-state index in [0.717, 1.165) is 31.1 Å². The first-order valence-electron chi connectivity index (χ1n) is 8.84. The number of guanidine groups is 1. The molecular weight excluding hydrogens is 448 g/mol. The summed E-state index contributed by atoms with van der Waals surface area (Å²) in [5, 5.41) is 6.73. The summed E-state index contributed by atoms with van der Waals surface area (Å²) in [7, 11) is 5.16. The second-order valence-electron chi connectivity index (χ2n) is 6.68. The van der Waals surface area contributed by atoms with Gasteiger partial charge in [0.2, 0.25) is 0 Å². The fourth-order valence-corrected chi connectivity index (χ4v) is 3.21. The molecule has 148 valence electrons. The number of halogens is 2. The Morgan fingerprint density at radius 2 is 1.92 bits per heavy atom. The number of hydrogen-bond donors (Lipinski definition) is 2. The van der Waals surface area contributed by atoms with Crippen LogP contribution < -0.4 is 10.6 Å². The SMILES string of the molecule is CN=C(NCC(OC)c1ccc(F)cc1)NCC1(CCOC)CCC1.I. The average molecular weight is 479 g/mol. The van der Waals surface area contributed by atoms with Gasteiger partial charge >= 0.3 is 0 Å². The van der Waals surface area contributed by atoms with Gasteiger partial charge in [-0.05, 0) is 42.4 Å². The summed E-state index contributed by atoms with van der Waals surface area (Å²) < 4.78 is 23.8. The first-order valence-corrected chi connectivity index (χ1v) is 8.84. The van der Waals surface area contributed by atoms with Gasteiger partial charge in [-0.3, -0.25) is 4.99 Å². The van der Waals surface area contributed by atoms with Crippen LogP contribution in [0.5, 0.6) is 0 Å². The number of hydrogen-bond acceptors (Lipinski definition) is 3. The zero-order valence-electron chi connectivity index (χ0n) is 15.9. The lowest BCUT2D eigenvalue weighted by Gasteiger charge is -2.42. The molecule has 2 N–H and O–H groups in total. The van der Waals surface area contributed by atoms with Crippen LogP contribution in [0.3, 0.4) is 0 Å². The maximum atomic E-state index is 13.1. The van der Waals surface area contributed by atoms with E-state index in [1.807, 2.05) is 0 Å². The molecule has 0 aromatic heterocycles. The first-order chi connectivity index (χ1) is 12.1. The van der Waals surface area contributed by atoms with Gasteiger partial charge in [0, 0.05) is 41.0 Å². The third-order valence-electron chi connectivity index (χ3n) is 5.09. The summed E-state index contributed by atoms with van der Waals surface area (Å²) in [6.45, 7) is 2.25. The fraction of sp³-hybridized carbons (Fsp3) is 0.632. The Labute approximate surface area is 173 Å². The molecular formula is C19H31FIN3O2. The Morgan fingerprint density at radius 1 is 1.23 bits per heavy atom. The maximum Gasteiger partial charge on any atom is 0.191 e. The fourth-order valence-electron chi connectivity index (χ4n) is 3.21. The highest BCUT2D eigenvalue weighted by atomic mass is 127. The molecule has 0 heterocycles. The van der Waals surface area contributed by atoms with E-state index in [1.165, 1.54) is 31.4 Å². The van der Waals surface area contributed by atoms with E-state index in [-0.39, 0.29) is 35.9 Å². The number of nitrogens with one attached hydrogen (secondary N) is 2. The van der Waals surface area contributed by atoms with Crippen molar-refractivity contribution < 1.29 is 13.9 Å². The van der Waals surface area contributed by atoms with Crippen molar-refractivity contribution >= 4 is 29.9 Å². The Bertz CT molecular complexity index is 550. The molecule has 1 atom stereocenters. The number of nitrogens with zero attached hydrogens (tertiary/aromatic N) is 1. The second-order valence-corrected chi connectivity index (χ2v) is 6.68. The molecule has 0 radical (unpaired) electrons. The highest BCUT2D eigenvalue weighted by molar-refractivity contribution is 14.0. The first kappa shape index (κ1) is 23.1. The minimum Gasteiger partial charge on any atom is -0.385 e. The van der Waals surface area contributed by atoms with Crippen LogP contribution in [0.1, 0.15) is 37.4 Å². The lowest BCUT2D eigenvalue weighted by Crippen LogP contribution is -2.47. The third-order valence-corrected chi connectivity index (χ3v) is 5.09. The summed E-state index contributed by atoms with van der Waals surface area (Å²) in [4.78, 5) is 4.29. The Morgan fingerprint density at radius 3 is 2.42 bits per heavy atom. The zero-order valence-corrected chi connectivity index (χ0v) is 18.2. The maximum absolute atomic E-state index is 13.1. The quantitative estimate of drug-likeness (QED) is 0.324. The van der Waals surface area contributed by atoms with Gasteiger partial charge in [-0.25, -0.2) is 4.39 Å². The van der Waals surface area contributed by atoms with Crippen molar-refractivity contribution in [3.63, 3.8) is 0 Å². The highest BCUT2D eigenvalue weighted by Crippen LogP contribution is 2.43. The standard InChI is InChI=1S/C19H30FN3O2.HI/c1-21-18(23-14-19(9-4-10-19)11-12-24-2)22-13-17(25-3)15-5-7-16(20)8-6-15;/h5-8,17H,4,9-14H2,1-3H3,(H2,21,22,23);1H. The van der Waals surface area contributed by atoms with Crippen LogP contribution in [-0.4, -0.2) is 46.9 Å². The molecule has 1 aromatic carbocycles. The van der Waals surface area contributed by atoms with Crippen LogP contribution >= 0.6 is 24.0 Å². The van der Waals surface area contributed by atoms with E-state index in [9.17, 15) is 4.39 Å². The van der Waals surface area contributed by atoms with Gasteiger partial charge in [0.25, 0.3) is 0 Å². The van der Waals surface area contributed by atoms with Gasteiger partial charge in [-0.15, -0.1) is 24.0 Å².